The molecule has 1 rings (SSSR count). The largest absolute Gasteiger partial charge is 0.419 e. The highest BCUT2D eigenvalue weighted by molar-refractivity contribution is 7.99. The number of hydrogen-bond donors (Lipinski definition) is 1. The number of pyridine rings is 1. The molecule has 0 saturated heterocycles. The molecule has 2 nitrogen and oxygen atoms in total. The van der Waals surface area contributed by atoms with E-state index in [9.17, 15) is 13.2 Å². The van der Waals surface area contributed by atoms with Gasteiger partial charge in [-0.05, 0) is 12.1 Å². The molecule has 1 aromatic rings. The van der Waals surface area contributed by atoms with Crippen molar-refractivity contribution in [2.45, 2.75) is 6.18 Å². The average Bonchev–Trinajstić information content (AvgIpc) is 2.28. The summed E-state index contributed by atoms with van der Waals surface area (Å²) in [5, 5.41) is 2.69. The van der Waals surface area contributed by atoms with E-state index in [1.54, 1.807) is 17.8 Å². The number of alkyl halides is 3. The van der Waals surface area contributed by atoms with Crippen LogP contribution in [0.1, 0.15) is 5.56 Å². The van der Waals surface area contributed by atoms with Crippen molar-refractivity contribution in [2.24, 2.45) is 0 Å². The predicted molar refractivity (Wildman–Crippen MR) is 65.3 cm³/mol. The number of rotatable bonds is 6. The van der Waals surface area contributed by atoms with E-state index in [1.165, 1.54) is 12.3 Å². The van der Waals surface area contributed by atoms with Crippen LogP contribution in [0.3, 0.4) is 0 Å². The Morgan fingerprint density at radius 1 is 1.47 bits per heavy atom. The molecule has 0 aliphatic rings. The minimum atomic E-state index is -4.37. The van der Waals surface area contributed by atoms with E-state index in [2.05, 4.69) is 16.9 Å². The summed E-state index contributed by atoms with van der Waals surface area (Å²) < 4.78 is 37.7. The molecule has 1 aromatic heterocycles. The van der Waals surface area contributed by atoms with Crippen LogP contribution < -0.4 is 5.32 Å². The Kier molecular flexibility index (Phi) is 5.34. The molecule has 0 spiro atoms. The summed E-state index contributed by atoms with van der Waals surface area (Å²) >= 11 is 1.60. The van der Waals surface area contributed by atoms with Crippen molar-refractivity contribution in [3.05, 3.63) is 36.5 Å². The number of halogens is 3. The molecule has 0 radical (unpaired) electrons. The van der Waals surface area contributed by atoms with Gasteiger partial charge >= 0.3 is 6.18 Å². The van der Waals surface area contributed by atoms with E-state index in [0.29, 0.717) is 12.3 Å². The van der Waals surface area contributed by atoms with Gasteiger partial charge in [0.1, 0.15) is 5.82 Å². The third-order valence-corrected chi connectivity index (χ3v) is 2.85. The molecular formula is C11H13F3N2S. The molecule has 0 fully saturated rings. The third-order valence-electron chi connectivity index (χ3n) is 1.89. The van der Waals surface area contributed by atoms with Gasteiger partial charge in [0.05, 0.1) is 5.56 Å². The number of anilines is 1. The number of nitrogens with one attached hydrogen (secondary N) is 1. The Labute approximate surface area is 102 Å². The predicted octanol–water partition coefficient (Wildman–Crippen LogP) is 3.43. The van der Waals surface area contributed by atoms with Crippen molar-refractivity contribution in [2.75, 3.05) is 23.4 Å². The van der Waals surface area contributed by atoms with Crippen LogP contribution >= 0.6 is 11.8 Å². The van der Waals surface area contributed by atoms with E-state index >= 15 is 0 Å². The van der Waals surface area contributed by atoms with Crippen molar-refractivity contribution < 1.29 is 13.2 Å². The first-order valence-corrected chi connectivity index (χ1v) is 6.16. The van der Waals surface area contributed by atoms with E-state index in [4.69, 9.17) is 0 Å². The van der Waals surface area contributed by atoms with E-state index in [0.717, 1.165) is 11.8 Å². The second-order valence-electron chi connectivity index (χ2n) is 3.19. The second-order valence-corrected chi connectivity index (χ2v) is 4.34. The van der Waals surface area contributed by atoms with Gasteiger partial charge in [0.2, 0.25) is 0 Å². The van der Waals surface area contributed by atoms with Gasteiger partial charge in [-0.25, -0.2) is 4.98 Å². The first-order chi connectivity index (χ1) is 8.05. The van der Waals surface area contributed by atoms with E-state index in [1.807, 2.05) is 0 Å². The summed E-state index contributed by atoms with van der Waals surface area (Å²) in [6.45, 7) is 4.00. The van der Waals surface area contributed by atoms with Crippen LogP contribution in [0.4, 0.5) is 19.0 Å². The van der Waals surface area contributed by atoms with Crippen LogP contribution in [0.2, 0.25) is 0 Å². The minimum Gasteiger partial charge on any atom is -0.369 e. The van der Waals surface area contributed by atoms with E-state index in [-0.39, 0.29) is 5.82 Å². The Morgan fingerprint density at radius 3 is 2.88 bits per heavy atom. The lowest BCUT2D eigenvalue weighted by molar-refractivity contribution is -0.137. The van der Waals surface area contributed by atoms with Crippen molar-refractivity contribution in [3.63, 3.8) is 0 Å². The quantitative estimate of drug-likeness (QED) is 0.628. The minimum absolute atomic E-state index is 0.112. The van der Waals surface area contributed by atoms with Gasteiger partial charge in [0.25, 0.3) is 0 Å². The van der Waals surface area contributed by atoms with Crippen molar-refractivity contribution >= 4 is 17.6 Å². The Bertz CT molecular complexity index is 366. The van der Waals surface area contributed by atoms with Crippen LogP contribution in [0, 0.1) is 0 Å². The van der Waals surface area contributed by atoms with E-state index < -0.39 is 11.7 Å². The standard InChI is InChI=1S/C11H13F3N2S/c1-2-7-17-8-6-16-10-9(11(12,13)14)4-3-5-15-10/h2-5H,1,6-8H2,(H,15,16). The number of nitrogens with zero attached hydrogens (tertiary/aromatic N) is 1. The summed E-state index contributed by atoms with van der Waals surface area (Å²) in [5.41, 5.74) is -0.728. The lowest BCUT2D eigenvalue weighted by atomic mass is 10.2. The molecule has 0 unspecified atom stereocenters. The monoisotopic (exact) mass is 262 g/mol. The highest BCUT2D eigenvalue weighted by atomic mass is 32.2. The van der Waals surface area contributed by atoms with Gasteiger partial charge in [0, 0.05) is 24.2 Å². The maximum Gasteiger partial charge on any atom is 0.419 e. The fourth-order valence-electron chi connectivity index (χ4n) is 1.18. The van der Waals surface area contributed by atoms with Gasteiger partial charge < -0.3 is 5.32 Å². The molecule has 0 amide bonds. The van der Waals surface area contributed by atoms with Crippen molar-refractivity contribution in [1.29, 1.82) is 0 Å². The summed E-state index contributed by atoms with van der Waals surface area (Å²) in [5.74, 6) is 1.38. The highest BCUT2D eigenvalue weighted by Crippen LogP contribution is 2.33. The maximum atomic E-state index is 12.6. The first kappa shape index (κ1) is 13.9. The van der Waals surface area contributed by atoms with Crippen LogP contribution in [0.25, 0.3) is 0 Å². The van der Waals surface area contributed by atoms with Crippen molar-refractivity contribution in [1.82, 2.24) is 4.98 Å². The van der Waals surface area contributed by atoms with Crippen LogP contribution in [-0.4, -0.2) is 23.0 Å². The second kappa shape index (κ2) is 6.54. The van der Waals surface area contributed by atoms with Crippen LogP contribution in [0.5, 0.6) is 0 Å². The fourth-order valence-corrected chi connectivity index (χ4v) is 1.76. The summed E-state index contributed by atoms with van der Waals surface area (Å²) in [6, 6.07) is 2.30. The van der Waals surface area contributed by atoms with Crippen LogP contribution in [0.15, 0.2) is 31.0 Å². The molecule has 0 aromatic carbocycles. The third kappa shape index (κ3) is 4.68. The molecule has 94 valence electrons. The zero-order chi connectivity index (χ0) is 12.7. The molecule has 1 heterocycles. The average molecular weight is 262 g/mol. The van der Waals surface area contributed by atoms with Crippen LogP contribution in [-0.2, 0) is 6.18 Å². The van der Waals surface area contributed by atoms with Crippen molar-refractivity contribution in [3.8, 4) is 0 Å². The number of thioether (sulfide) groups is 1. The molecule has 0 atom stereocenters. The van der Waals surface area contributed by atoms with Gasteiger partial charge in [0.15, 0.2) is 0 Å². The summed E-state index contributed by atoms with van der Waals surface area (Å²) in [6.07, 6.45) is -1.27. The molecule has 0 aliphatic heterocycles. The SMILES string of the molecule is C=CCSCCNc1ncccc1C(F)(F)F. The fraction of sp³-hybridized carbons (Fsp3) is 0.364. The zero-order valence-corrected chi connectivity index (χ0v) is 9.94. The molecule has 0 bridgehead atoms. The van der Waals surface area contributed by atoms with Gasteiger partial charge in [-0.3, -0.25) is 0 Å². The molecule has 1 N–H and O–H groups in total. The molecule has 0 saturated carbocycles. The topological polar surface area (TPSA) is 24.9 Å². The molecule has 6 heteroatoms. The molecular weight excluding hydrogens is 249 g/mol. The first-order valence-electron chi connectivity index (χ1n) is 5.00. The van der Waals surface area contributed by atoms with Gasteiger partial charge in [-0.2, -0.15) is 24.9 Å². The molecule has 17 heavy (non-hydrogen) atoms. The normalized spacial score (nSPS) is 11.2. The number of aromatic nitrogens is 1. The Morgan fingerprint density at radius 2 is 2.24 bits per heavy atom. The van der Waals surface area contributed by atoms with Gasteiger partial charge in [-0.1, -0.05) is 6.08 Å². The summed E-state index contributed by atoms with van der Waals surface area (Å²) in [7, 11) is 0. The number of hydrogen-bond acceptors (Lipinski definition) is 3. The maximum absolute atomic E-state index is 12.6. The lowest BCUT2D eigenvalue weighted by Gasteiger charge is -2.12. The molecule has 0 aliphatic carbocycles. The Balaban J connectivity index is 2.56. The summed E-state index contributed by atoms with van der Waals surface area (Å²) in [4.78, 5) is 3.70. The Hall–Kier alpha value is -1.17. The lowest BCUT2D eigenvalue weighted by Crippen LogP contribution is -2.13. The van der Waals surface area contributed by atoms with Gasteiger partial charge in [-0.15, -0.1) is 6.58 Å². The highest BCUT2D eigenvalue weighted by Gasteiger charge is 2.33. The zero-order valence-electron chi connectivity index (χ0n) is 9.13. The smallest absolute Gasteiger partial charge is 0.369 e.